The molecule has 0 heterocycles. The maximum absolute atomic E-state index is 10.8. The molecule has 0 saturated heterocycles. The maximum atomic E-state index is 10.8. The van der Waals surface area contributed by atoms with Crippen LogP contribution in [0.3, 0.4) is 0 Å². The van der Waals surface area contributed by atoms with Gasteiger partial charge in [-0.1, -0.05) is 6.92 Å². The van der Waals surface area contributed by atoms with Crippen LogP contribution in [-0.4, -0.2) is 39.4 Å². The summed E-state index contributed by atoms with van der Waals surface area (Å²) in [6.45, 7) is 3.05. The highest BCUT2D eigenvalue weighted by Gasteiger charge is 2.22. The smallest absolute Gasteiger partial charge is 0.135 e. The van der Waals surface area contributed by atoms with E-state index in [4.69, 9.17) is 15.3 Å². The maximum Gasteiger partial charge on any atom is 0.135 e. The van der Waals surface area contributed by atoms with E-state index in [9.17, 15) is 4.79 Å². The summed E-state index contributed by atoms with van der Waals surface area (Å²) in [5.41, 5.74) is 0. The van der Waals surface area contributed by atoms with Crippen molar-refractivity contribution in [3.63, 3.8) is 0 Å². The largest absolute Gasteiger partial charge is 0.391 e. The van der Waals surface area contributed by atoms with Gasteiger partial charge in [0.2, 0.25) is 0 Å². The van der Waals surface area contributed by atoms with Crippen LogP contribution in [0.5, 0.6) is 0 Å². The lowest BCUT2D eigenvalue weighted by atomic mass is 10.0. The molecular weight excluding hydrogens is 160 g/mol. The van der Waals surface area contributed by atoms with Crippen molar-refractivity contribution in [1.82, 2.24) is 0 Å². The number of rotatable bonds is 5. The van der Waals surface area contributed by atoms with E-state index in [-0.39, 0.29) is 12.2 Å². The van der Waals surface area contributed by atoms with E-state index >= 15 is 0 Å². The summed E-state index contributed by atoms with van der Waals surface area (Å²) < 4.78 is 0. The first-order valence-corrected chi connectivity index (χ1v) is 4.05. The van der Waals surface area contributed by atoms with Crippen LogP contribution in [0.1, 0.15) is 26.7 Å². The average Bonchev–Trinajstić information content (AvgIpc) is 2.02. The molecule has 0 aliphatic carbocycles. The highest BCUT2D eigenvalue weighted by atomic mass is 16.4. The number of ketones is 1. The zero-order valence-electron chi connectivity index (χ0n) is 7.40. The van der Waals surface area contributed by atoms with Gasteiger partial charge in [-0.05, 0) is 6.92 Å². The Morgan fingerprint density at radius 3 is 2.17 bits per heavy atom. The van der Waals surface area contributed by atoms with Gasteiger partial charge in [-0.15, -0.1) is 0 Å². The second-order valence-electron chi connectivity index (χ2n) is 2.89. The first kappa shape index (κ1) is 11.6. The molecule has 0 fully saturated rings. The minimum Gasteiger partial charge on any atom is -0.391 e. The minimum absolute atomic E-state index is 0.0947. The van der Waals surface area contributed by atoms with Crippen LogP contribution < -0.4 is 0 Å². The van der Waals surface area contributed by atoms with Crippen LogP contribution in [0.4, 0.5) is 0 Å². The number of carbonyl (C=O) groups excluding carboxylic acids is 1. The van der Waals surface area contributed by atoms with Crippen molar-refractivity contribution < 1.29 is 20.1 Å². The number of hydrogen-bond donors (Lipinski definition) is 3. The Labute approximate surface area is 71.8 Å². The van der Waals surface area contributed by atoms with Crippen molar-refractivity contribution in [2.45, 2.75) is 45.0 Å². The third kappa shape index (κ3) is 3.80. The van der Waals surface area contributed by atoms with Crippen LogP contribution in [0.15, 0.2) is 0 Å². The highest BCUT2D eigenvalue weighted by Crippen LogP contribution is 2.05. The van der Waals surface area contributed by atoms with Gasteiger partial charge < -0.3 is 15.3 Å². The van der Waals surface area contributed by atoms with Gasteiger partial charge >= 0.3 is 0 Å². The first-order chi connectivity index (χ1) is 5.49. The molecule has 3 N–H and O–H groups in total. The fourth-order valence-corrected chi connectivity index (χ4v) is 0.820. The third-order valence-corrected chi connectivity index (χ3v) is 1.72. The molecule has 0 amide bonds. The summed E-state index contributed by atoms with van der Waals surface area (Å²) >= 11 is 0. The molecule has 0 unspecified atom stereocenters. The van der Waals surface area contributed by atoms with Crippen LogP contribution >= 0.6 is 0 Å². The van der Waals surface area contributed by atoms with E-state index in [1.165, 1.54) is 6.92 Å². The molecule has 0 aromatic heterocycles. The van der Waals surface area contributed by atoms with Crippen LogP contribution in [0, 0.1) is 0 Å². The molecule has 0 bridgehead atoms. The molecule has 0 aromatic carbocycles. The molecule has 12 heavy (non-hydrogen) atoms. The minimum atomic E-state index is -1.24. The van der Waals surface area contributed by atoms with Crippen LogP contribution in [0.25, 0.3) is 0 Å². The monoisotopic (exact) mass is 176 g/mol. The molecule has 4 heteroatoms. The van der Waals surface area contributed by atoms with Gasteiger partial charge in [0, 0.05) is 12.8 Å². The van der Waals surface area contributed by atoms with Crippen molar-refractivity contribution in [2.75, 3.05) is 0 Å². The van der Waals surface area contributed by atoms with Gasteiger partial charge in [0.05, 0.1) is 12.2 Å². The highest BCUT2D eigenvalue weighted by molar-refractivity contribution is 5.78. The number of aliphatic hydroxyl groups excluding tert-OH is 3. The predicted octanol–water partition coefficient (Wildman–Crippen LogP) is -0.542. The van der Waals surface area contributed by atoms with E-state index in [0.717, 1.165) is 0 Å². The van der Waals surface area contributed by atoms with Gasteiger partial charge in [-0.2, -0.15) is 0 Å². The van der Waals surface area contributed by atoms with Crippen molar-refractivity contribution >= 4 is 5.78 Å². The molecule has 0 rings (SSSR count). The van der Waals surface area contributed by atoms with E-state index in [0.29, 0.717) is 6.42 Å². The quantitative estimate of drug-likeness (QED) is 0.525. The zero-order chi connectivity index (χ0) is 9.72. The Morgan fingerprint density at radius 1 is 1.33 bits per heavy atom. The number of Topliss-reactive ketones (excluding diaryl/α,β-unsaturated/α-hetero) is 1. The summed E-state index contributed by atoms with van der Waals surface area (Å²) in [6.07, 6.45) is -3.16. The van der Waals surface area contributed by atoms with Crippen molar-refractivity contribution in [3.05, 3.63) is 0 Å². The Morgan fingerprint density at radius 2 is 1.83 bits per heavy atom. The van der Waals surface area contributed by atoms with Gasteiger partial charge in [0.25, 0.3) is 0 Å². The number of hydrogen-bond acceptors (Lipinski definition) is 4. The number of carbonyl (C=O) groups is 1. The molecule has 0 spiro atoms. The molecule has 4 nitrogen and oxygen atoms in total. The fourth-order valence-electron chi connectivity index (χ4n) is 0.820. The van der Waals surface area contributed by atoms with E-state index < -0.39 is 18.3 Å². The van der Waals surface area contributed by atoms with E-state index in [1.807, 2.05) is 0 Å². The summed E-state index contributed by atoms with van der Waals surface area (Å²) in [5.74, 6) is -0.123. The van der Waals surface area contributed by atoms with Crippen molar-refractivity contribution in [2.24, 2.45) is 0 Å². The van der Waals surface area contributed by atoms with Crippen LogP contribution in [0.2, 0.25) is 0 Å². The topological polar surface area (TPSA) is 77.8 Å². The van der Waals surface area contributed by atoms with Gasteiger partial charge in [0.15, 0.2) is 0 Å². The second-order valence-corrected chi connectivity index (χ2v) is 2.89. The molecule has 0 aliphatic rings. The lowest BCUT2D eigenvalue weighted by Gasteiger charge is -2.19. The van der Waals surface area contributed by atoms with Crippen molar-refractivity contribution in [3.8, 4) is 0 Å². The van der Waals surface area contributed by atoms with E-state index in [2.05, 4.69) is 0 Å². The Balaban J connectivity index is 3.86. The molecule has 3 atom stereocenters. The molecule has 0 saturated carbocycles. The van der Waals surface area contributed by atoms with Crippen molar-refractivity contribution in [1.29, 1.82) is 0 Å². The van der Waals surface area contributed by atoms with Gasteiger partial charge in [-0.3, -0.25) is 4.79 Å². The molecule has 0 aliphatic heterocycles. The first-order valence-electron chi connectivity index (χ1n) is 4.05. The zero-order valence-corrected chi connectivity index (χ0v) is 7.40. The molecule has 72 valence electrons. The summed E-state index contributed by atoms with van der Waals surface area (Å²) in [7, 11) is 0. The third-order valence-electron chi connectivity index (χ3n) is 1.72. The number of aliphatic hydroxyl groups is 3. The standard InChI is InChI=1S/C8H16O4/c1-3-6(10)4-7(11)8(12)5(2)9/h5,7-9,11-12H,3-4H2,1-2H3/t5-,7-,8+/m1/s1. The predicted molar refractivity (Wildman–Crippen MR) is 43.6 cm³/mol. The summed E-state index contributed by atoms with van der Waals surface area (Å²) in [4.78, 5) is 10.8. The normalized spacial score (nSPS) is 18.4. The molecule has 0 radical (unpaired) electrons. The van der Waals surface area contributed by atoms with E-state index in [1.54, 1.807) is 6.92 Å². The van der Waals surface area contributed by atoms with Crippen LogP contribution in [-0.2, 0) is 4.79 Å². The Kier molecular flexibility index (Phi) is 5.04. The average molecular weight is 176 g/mol. The lowest BCUT2D eigenvalue weighted by Crippen LogP contribution is -2.36. The SMILES string of the molecule is CCC(=O)C[C@@H](O)[C@@H](O)[C@@H](C)O. The van der Waals surface area contributed by atoms with Gasteiger partial charge in [-0.25, -0.2) is 0 Å². The Hall–Kier alpha value is -0.450. The lowest BCUT2D eigenvalue weighted by molar-refractivity contribution is -0.124. The molecule has 0 aromatic rings. The van der Waals surface area contributed by atoms with Gasteiger partial charge in [0.1, 0.15) is 11.9 Å². The molecular formula is C8H16O4. The second kappa shape index (κ2) is 5.24. The fraction of sp³-hybridized carbons (Fsp3) is 0.875. The summed E-state index contributed by atoms with van der Waals surface area (Å²) in [6, 6.07) is 0. The summed E-state index contributed by atoms with van der Waals surface area (Å²) in [5, 5.41) is 27.1. The Bertz CT molecular complexity index is 144.